The molecule has 1 aromatic rings. The Balaban J connectivity index is 1.99. The second kappa shape index (κ2) is 4.41. The Morgan fingerprint density at radius 2 is 2.43 bits per heavy atom. The molecule has 14 heavy (non-hydrogen) atoms. The van der Waals surface area contributed by atoms with Crippen molar-refractivity contribution in [1.82, 2.24) is 4.98 Å². The van der Waals surface area contributed by atoms with Gasteiger partial charge in [0.15, 0.2) is 0 Å². The molecule has 0 saturated heterocycles. The Labute approximate surface area is 89.5 Å². The fourth-order valence-corrected chi connectivity index (χ4v) is 2.66. The molecule has 1 unspecified atom stereocenters. The molecular weight excluding hydrogens is 192 g/mol. The van der Waals surface area contributed by atoms with E-state index in [0.29, 0.717) is 5.92 Å². The highest BCUT2D eigenvalue weighted by Gasteiger charge is 2.23. The average Bonchev–Trinajstić information content (AvgIpc) is 2.88. The molecule has 0 amide bonds. The van der Waals surface area contributed by atoms with Gasteiger partial charge in [-0.25, -0.2) is 4.98 Å². The molecule has 0 spiro atoms. The van der Waals surface area contributed by atoms with Gasteiger partial charge in [-0.1, -0.05) is 6.92 Å². The Morgan fingerprint density at radius 3 is 3.00 bits per heavy atom. The average molecular weight is 210 g/mol. The number of thiazole rings is 1. The smallest absolute Gasteiger partial charge is 0.0931 e. The van der Waals surface area contributed by atoms with Crippen molar-refractivity contribution >= 4 is 11.3 Å². The molecule has 3 heteroatoms. The van der Waals surface area contributed by atoms with Gasteiger partial charge in [0, 0.05) is 24.3 Å². The van der Waals surface area contributed by atoms with E-state index in [2.05, 4.69) is 17.3 Å². The summed E-state index contributed by atoms with van der Waals surface area (Å²) in [4.78, 5) is 4.67. The lowest BCUT2D eigenvalue weighted by Gasteiger charge is -2.07. The van der Waals surface area contributed by atoms with Crippen LogP contribution >= 0.6 is 11.3 Å². The number of hydrogen-bond donors (Lipinski definition) is 1. The maximum atomic E-state index is 5.70. The van der Waals surface area contributed by atoms with Crippen LogP contribution in [0.3, 0.4) is 0 Å². The normalized spacial score (nSPS) is 18.4. The summed E-state index contributed by atoms with van der Waals surface area (Å²) in [6, 6.07) is 0. The Hall–Kier alpha value is -0.410. The topological polar surface area (TPSA) is 38.9 Å². The summed E-state index contributed by atoms with van der Waals surface area (Å²) in [6.07, 6.45) is 5.11. The molecule has 1 heterocycles. The van der Waals surface area contributed by atoms with Gasteiger partial charge in [-0.05, 0) is 25.2 Å². The number of rotatable bonds is 5. The second-order valence-corrected chi connectivity index (χ2v) is 5.10. The molecule has 2 rings (SSSR count). The first kappa shape index (κ1) is 10.1. The highest BCUT2D eigenvalue weighted by atomic mass is 32.1. The summed E-state index contributed by atoms with van der Waals surface area (Å²) >= 11 is 1.81. The third kappa shape index (κ3) is 2.34. The van der Waals surface area contributed by atoms with Crippen LogP contribution in [-0.2, 0) is 6.42 Å². The molecule has 78 valence electrons. The summed E-state index contributed by atoms with van der Waals surface area (Å²) in [7, 11) is 0. The van der Waals surface area contributed by atoms with Crippen molar-refractivity contribution in [2.45, 2.75) is 38.5 Å². The van der Waals surface area contributed by atoms with Gasteiger partial charge in [-0.2, -0.15) is 0 Å². The molecule has 1 aliphatic rings. The van der Waals surface area contributed by atoms with Crippen molar-refractivity contribution in [2.75, 3.05) is 6.54 Å². The largest absolute Gasteiger partial charge is 0.330 e. The highest BCUT2D eigenvalue weighted by molar-refractivity contribution is 7.09. The number of aromatic nitrogens is 1. The molecular formula is C11H18N2S. The van der Waals surface area contributed by atoms with E-state index >= 15 is 0 Å². The predicted molar refractivity (Wildman–Crippen MR) is 60.6 cm³/mol. The zero-order chi connectivity index (χ0) is 9.97. The monoisotopic (exact) mass is 210 g/mol. The first-order valence-corrected chi connectivity index (χ1v) is 6.35. The molecule has 0 aromatic carbocycles. The molecule has 1 fully saturated rings. The van der Waals surface area contributed by atoms with Crippen LogP contribution in [0.1, 0.15) is 42.8 Å². The minimum atomic E-state index is 0.471. The maximum Gasteiger partial charge on any atom is 0.0931 e. The van der Waals surface area contributed by atoms with E-state index in [1.165, 1.54) is 30.0 Å². The van der Waals surface area contributed by atoms with Gasteiger partial charge in [0.2, 0.25) is 0 Å². The van der Waals surface area contributed by atoms with Crippen molar-refractivity contribution in [1.29, 1.82) is 0 Å². The standard InChI is InChI=1S/C11H18N2S/c1-2-9(6-12)10-7-14-11(13-10)5-8-3-4-8/h7-9H,2-6,12H2,1H3. The van der Waals surface area contributed by atoms with E-state index in [1.54, 1.807) is 0 Å². The van der Waals surface area contributed by atoms with Crippen LogP contribution in [0.5, 0.6) is 0 Å². The summed E-state index contributed by atoms with van der Waals surface area (Å²) in [6.45, 7) is 2.90. The van der Waals surface area contributed by atoms with E-state index in [1.807, 2.05) is 11.3 Å². The summed E-state index contributed by atoms with van der Waals surface area (Å²) in [5.74, 6) is 1.41. The van der Waals surface area contributed by atoms with Crippen LogP contribution in [0.4, 0.5) is 0 Å². The molecule has 1 aromatic heterocycles. The predicted octanol–water partition coefficient (Wildman–Crippen LogP) is 2.55. The highest BCUT2D eigenvalue weighted by Crippen LogP contribution is 2.34. The van der Waals surface area contributed by atoms with E-state index < -0.39 is 0 Å². The van der Waals surface area contributed by atoms with Gasteiger partial charge in [0.05, 0.1) is 10.7 Å². The van der Waals surface area contributed by atoms with E-state index in [4.69, 9.17) is 5.73 Å². The molecule has 1 saturated carbocycles. The van der Waals surface area contributed by atoms with E-state index in [-0.39, 0.29) is 0 Å². The summed E-state index contributed by atoms with van der Waals surface area (Å²) in [5, 5.41) is 3.51. The zero-order valence-corrected chi connectivity index (χ0v) is 9.52. The van der Waals surface area contributed by atoms with Crippen LogP contribution < -0.4 is 5.73 Å². The Morgan fingerprint density at radius 1 is 1.64 bits per heavy atom. The SMILES string of the molecule is CCC(CN)c1csc(CC2CC2)n1. The van der Waals surface area contributed by atoms with Crippen LogP contribution in [-0.4, -0.2) is 11.5 Å². The third-order valence-corrected chi connectivity index (χ3v) is 3.81. The van der Waals surface area contributed by atoms with Gasteiger partial charge in [-0.15, -0.1) is 11.3 Å². The van der Waals surface area contributed by atoms with Crippen LogP contribution in [0, 0.1) is 5.92 Å². The molecule has 2 nitrogen and oxygen atoms in total. The van der Waals surface area contributed by atoms with E-state index in [0.717, 1.165) is 18.9 Å². The van der Waals surface area contributed by atoms with Crippen LogP contribution in [0.15, 0.2) is 5.38 Å². The fraction of sp³-hybridized carbons (Fsp3) is 0.727. The van der Waals surface area contributed by atoms with Crippen molar-refractivity contribution in [3.05, 3.63) is 16.1 Å². The quantitative estimate of drug-likeness (QED) is 0.811. The molecule has 1 atom stereocenters. The summed E-state index contributed by atoms with van der Waals surface area (Å²) in [5.41, 5.74) is 6.92. The molecule has 0 radical (unpaired) electrons. The minimum absolute atomic E-state index is 0.471. The van der Waals surface area contributed by atoms with Crippen molar-refractivity contribution in [2.24, 2.45) is 11.7 Å². The van der Waals surface area contributed by atoms with Gasteiger partial charge in [0.25, 0.3) is 0 Å². The number of nitrogens with zero attached hydrogens (tertiary/aromatic N) is 1. The van der Waals surface area contributed by atoms with Crippen molar-refractivity contribution in [3.63, 3.8) is 0 Å². The Bertz CT molecular complexity index is 287. The molecule has 1 aliphatic carbocycles. The maximum absolute atomic E-state index is 5.70. The lowest BCUT2D eigenvalue weighted by atomic mass is 10.0. The third-order valence-electron chi connectivity index (χ3n) is 2.93. The molecule has 0 bridgehead atoms. The first-order valence-electron chi connectivity index (χ1n) is 5.47. The van der Waals surface area contributed by atoms with Crippen molar-refractivity contribution in [3.8, 4) is 0 Å². The number of hydrogen-bond acceptors (Lipinski definition) is 3. The van der Waals surface area contributed by atoms with Crippen molar-refractivity contribution < 1.29 is 0 Å². The molecule has 2 N–H and O–H groups in total. The van der Waals surface area contributed by atoms with Crippen LogP contribution in [0.25, 0.3) is 0 Å². The van der Waals surface area contributed by atoms with Gasteiger partial charge in [0.1, 0.15) is 0 Å². The van der Waals surface area contributed by atoms with Gasteiger partial charge >= 0.3 is 0 Å². The lowest BCUT2D eigenvalue weighted by molar-refractivity contribution is 0.654. The number of nitrogens with two attached hydrogens (primary N) is 1. The second-order valence-electron chi connectivity index (χ2n) is 4.15. The lowest BCUT2D eigenvalue weighted by Crippen LogP contribution is -2.11. The van der Waals surface area contributed by atoms with Gasteiger partial charge < -0.3 is 5.73 Å². The van der Waals surface area contributed by atoms with E-state index in [9.17, 15) is 0 Å². The fourth-order valence-electron chi connectivity index (χ4n) is 1.67. The van der Waals surface area contributed by atoms with Gasteiger partial charge in [-0.3, -0.25) is 0 Å². The summed E-state index contributed by atoms with van der Waals surface area (Å²) < 4.78 is 0. The first-order chi connectivity index (χ1) is 6.83. The molecule has 0 aliphatic heterocycles. The zero-order valence-electron chi connectivity index (χ0n) is 8.70. The minimum Gasteiger partial charge on any atom is -0.330 e. The Kier molecular flexibility index (Phi) is 3.19. The van der Waals surface area contributed by atoms with Crippen LogP contribution in [0.2, 0.25) is 0 Å².